The van der Waals surface area contributed by atoms with Crippen LogP contribution in [0, 0.1) is 41.4 Å². The molecule has 1 aromatic heterocycles. The van der Waals surface area contributed by atoms with Crippen molar-refractivity contribution in [3.8, 4) is 0 Å². The van der Waals surface area contributed by atoms with Crippen LogP contribution in [-0.4, -0.2) is 56.8 Å². The first-order valence-corrected chi connectivity index (χ1v) is 13.8. The summed E-state index contributed by atoms with van der Waals surface area (Å²) in [6.07, 6.45) is 2.62. The zero-order valence-corrected chi connectivity index (χ0v) is 24.0. The van der Waals surface area contributed by atoms with E-state index in [1.54, 1.807) is 27.8 Å². The molecule has 1 saturated heterocycles. The molecule has 6 rings (SSSR count). The Hall–Kier alpha value is -2.00. The molecule has 0 unspecified atom stereocenters. The number of halogens is 1. The maximum Gasteiger partial charge on any atom is 0.358 e. The molecule has 2 heterocycles. The predicted octanol–water partition coefficient (Wildman–Crippen LogP) is 4.17. The van der Waals surface area contributed by atoms with Crippen molar-refractivity contribution in [2.24, 2.45) is 41.5 Å². The summed E-state index contributed by atoms with van der Waals surface area (Å²) >= 11 is 6.41. The number of ketones is 1. The van der Waals surface area contributed by atoms with Crippen LogP contribution in [0.1, 0.15) is 64.1 Å². The van der Waals surface area contributed by atoms with Crippen molar-refractivity contribution in [3.63, 3.8) is 0 Å². The summed E-state index contributed by atoms with van der Waals surface area (Å²) in [7, 11) is 1.62. The Kier molecular flexibility index (Phi) is 5.39. The van der Waals surface area contributed by atoms with Crippen molar-refractivity contribution >= 4 is 23.4 Å². The highest BCUT2D eigenvalue weighted by molar-refractivity contribution is 6.34. The SMILES string of the molecule is CC1=C[C@]23C(=O)[C@@H](C=C4COC(C)(C)O[C@H]4[C@]2(O)[C@H]1OC(=O)c1c(Cl)c(C)nn1C)[C@H]1[C@@H](C[C@H]3C)C1(C)C. The Morgan fingerprint density at radius 1 is 1.26 bits per heavy atom. The summed E-state index contributed by atoms with van der Waals surface area (Å²) < 4.78 is 20.0. The van der Waals surface area contributed by atoms with E-state index in [4.69, 9.17) is 25.8 Å². The Labute approximate surface area is 228 Å². The minimum absolute atomic E-state index is 0.0260. The van der Waals surface area contributed by atoms with E-state index in [0.717, 1.165) is 12.0 Å². The van der Waals surface area contributed by atoms with Gasteiger partial charge in [0, 0.05) is 13.0 Å². The lowest BCUT2D eigenvalue weighted by Crippen LogP contribution is -2.68. The Bertz CT molecular complexity index is 1330. The molecule has 2 bridgehead atoms. The molecule has 5 aliphatic rings. The van der Waals surface area contributed by atoms with Gasteiger partial charge in [0.2, 0.25) is 0 Å². The molecule has 0 amide bonds. The van der Waals surface area contributed by atoms with E-state index in [1.807, 2.05) is 26.0 Å². The number of hydrogen-bond donors (Lipinski definition) is 1. The number of Topliss-reactive ketones (excluding diaryl/α,β-unsaturated/α-hetero) is 1. The van der Waals surface area contributed by atoms with Gasteiger partial charge in [0.1, 0.15) is 6.10 Å². The molecule has 9 heteroatoms. The van der Waals surface area contributed by atoms with Crippen LogP contribution in [0.3, 0.4) is 0 Å². The predicted molar refractivity (Wildman–Crippen MR) is 139 cm³/mol. The summed E-state index contributed by atoms with van der Waals surface area (Å²) in [5.74, 6) is -1.80. The molecule has 0 radical (unpaired) electrons. The molecule has 4 aliphatic carbocycles. The van der Waals surface area contributed by atoms with Crippen LogP contribution >= 0.6 is 11.6 Å². The van der Waals surface area contributed by atoms with Gasteiger partial charge in [0.15, 0.2) is 29.0 Å². The highest BCUT2D eigenvalue weighted by Crippen LogP contribution is 2.72. The zero-order valence-electron chi connectivity index (χ0n) is 23.3. The fourth-order valence-corrected chi connectivity index (χ4v) is 8.55. The molecule has 1 aliphatic heterocycles. The lowest BCUT2D eigenvalue weighted by atomic mass is 9.59. The first kappa shape index (κ1) is 26.2. The standard InChI is InChI=1S/C29H37ClN2O6/c1-13-11-28-14(2)9-18-19(26(18,4)5)17(22(28)33)10-16-12-36-27(6,7)38-24(16)29(28,35)23(13)37-25(34)21-20(30)15(3)31-32(21)8/h10-11,14,17-19,23-24,35H,9,12H2,1-8H3/t14-,17+,18-,19+,23+,24-,28+,29-/m1/s1. The second kappa shape index (κ2) is 7.80. The molecule has 0 aromatic carbocycles. The van der Waals surface area contributed by atoms with Crippen molar-refractivity contribution < 1.29 is 28.9 Å². The average molecular weight is 545 g/mol. The van der Waals surface area contributed by atoms with E-state index in [9.17, 15) is 14.7 Å². The van der Waals surface area contributed by atoms with Crippen LogP contribution in [0.25, 0.3) is 0 Å². The number of hydrogen-bond acceptors (Lipinski definition) is 7. The summed E-state index contributed by atoms with van der Waals surface area (Å²) in [5, 5.41) is 17.5. The number of rotatable bonds is 2. The van der Waals surface area contributed by atoms with Gasteiger partial charge in [-0.2, -0.15) is 5.10 Å². The maximum absolute atomic E-state index is 14.7. The number of esters is 1. The summed E-state index contributed by atoms with van der Waals surface area (Å²) in [4.78, 5) is 28.3. The fraction of sp³-hybridized carbons (Fsp3) is 0.690. The Balaban J connectivity index is 1.52. The minimum Gasteiger partial charge on any atom is -0.450 e. The van der Waals surface area contributed by atoms with E-state index in [-0.39, 0.29) is 46.3 Å². The fourth-order valence-electron chi connectivity index (χ4n) is 8.32. The number of nitrogens with zero attached hydrogens (tertiary/aromatic N) is 2. The summed E-state index contributed by atoms with van der Waals surface area (Å²) in [6, 6.07) is 0. The summed E-state index contributed by atoms with van der Waals surface area (Å²) in [6.45, 7) is 13.8. The molecule has 8 atom stereocenters. The van der Waals surface area contributed by atoms with E-state index in [1.165, 1.54) is 4.68 Å². The molecule has 1 spiro atoms. The first-order valence-electron chi connectivity index (χ1n) is 13.5. The van der Waals surface area contributed by atoms with E-state index in [2.05, 4.69) is 18.9 Å². The monoisotopic (exact) mass is 544 g/mol. The largest absolute Gasteiger partial charge is 0.450 e. The molecule has 8 nitrogen and oxygen atoms in total. The molecular weight excluding hydrogens is 508 g/mol. The lowest BCUT2D eigenvalue weighted by molar-refractivity contribution is -0.302. The number of ether oxygens (including phenoxy) is 3. The second-order valence-corrected chi connectivity index (χ2v) is 13.5. The van der Waals surface area contributed by atoms with Gasteiger partial charge < -0.3 is 19.3 Å². The highest BCUT2D eigenvalue weighted by atomic mass is 35.5. The number of aryl methyl sites for hydroxylation is 2. The van der Waals surface area contributed by atoms with Gasteiger partial charge in [0.05, 0.1) is 22.7 Å². The smallest absolute Gasteiger partial charge is 0.358 e. The lowest BCUT2D eigenvalue weighted by Gasteiger charge is -2.52. The van der Waals surface area contributed by atoms with Crippen molar-refractivity contribution in [2.75, 3.05) is 6.61 Å². The molecule has 1 aromatic rings. The molecule has 206 valence electrons. The molecule has 2 saturated carbocycles. The van der Waals surface area contributed by atoms with E-state index in [0.29, 0.717) is 17.2 Å². The van der Waals surface area contributed by atoms with Crippen LogP contribution in [0.15, 0.2) is 23.3 Å². The average Bonchev–Trinajstić information content (AvgIpc) is 3.18. The molecule has 1 N–H and O–H groups in total. The van der Waals surface area contributed by atoms with Gasteiger partial charge in [0.25, 0.3) is 0 Å². The van der Waals surface area contributed by atoms with Crippen molar-refractivity contribution in [3.05, 3.63) is 39.7 Å². The van der Waals surface area contributed by atoms with Crippen LogP contribution in [0.4, 0.5) is 0 Å². The highest BCUT2D eigenvalue weighted by Gasteiger charge is 2.77. The second-order valence-electron chi connectivity index (χ2n) is 13.1. The summed E-state index contributed by atoms with van der Waals surface area (Å²) in [5.41, 5.74) is -1.19. The normalized spacial score (nSPS) is 42.1. The van der Waals surface area contributed by atoms with Gasteiger partial charge in [-0.3, -0.25) is 9.48 Å². The Morgan fingerprint density at radius 3 is 2.58 bits per heavy atom. The topological polar surface area (TPSA) is 99.9 Å². The number of fused-ring (bicyclic) bond motifs is 5. The number of allylic oxidation sites excluding steroid dienone is 1. The number of carbonyl (C=O) groups excluding carboxylic acids is 2. The van der Waals surface area contributed by atoms with E-state index < -0.39 is 35.0 Å². The van der Waals surface area contributed by atoms with Crippen LogP contribution < -0.4 is 0 Å². The quantitative estimate of drug-likeness (QED) is 0.440. The van der Waals surface area contributed by atoms with Crippen molar-refractivity contribution in [2.45, 2.75) is 78.5 Å². The third-order valence-electron chi connectivity index (χ3n) is 10.2. The van der Waals surface area contributed by atoms with Gasteiger partial charge in [-0.15, -0.1) is 0 Å². The number of carbonyl (C=O) groups is 2. The number of aliphatic hydroxyl groups is 1. The minimum atomic E-state index is -1.87. The van der Waals surface area contributed by atoms with Gasteiger partial charge >= 0.3 is 5.97 Å². The van der Waals surface area contributed by atoms with E-state index >= 15 is 0 Å². The number of aromatic nitrogens is 2. The molecule has 3 fully saturated rings. The van der Waals surface area contributed by atoms with Crippen molar-refractivity contribution in [1.82, 2.24) is 9.78 Å². The van der Waals surface area contributed by atoms with Gasteiger partial charge in [-0.25, -0.2) is 4.79 Å². The zero-order chi connectivity index (χ0) is 27.7. The first-order chi connectivity index (χ1) is 17.6. The third-order valence-corrected chi connectivity index (χ3v) is 10.7. The molecular formula is C29H37ClN2O6. The van der Waals surface area contributed by atoms with Gasteiger partial charge in [-0.1, -0.05) is 44.5 Å². The maximum atomic E-state index is 14.7. The van der Waals surface area contributed by atoms with Gasteiger partial charge in [-0.05, 0) is 68.4 Å². The van der Waals surface area contributed by atoms with Crippen LogP contribution in [0.2, 0.25) is 5.02 Å². The third kappa shape index (κ3) is 3.12. The van der Waals surface area contributed by atoms with Crippen molar-refractivity contribution in [1.29, 1.82) is 0 Å². The van der Waals surface area contributed by atoms with Crippen LogP contribution in [-0.2, 0) is 26.1 Å². The van der Waals surface area contributed by atoms with Crippen LogP contribution in [0.5, 0.6) is 0 Å². The molecule has 38 heavy (non-hydrogen) atoms. The Morgan fingerprint density at radius 2 is 1.95 bits per heavy atom.